The second-order valence-electron chi connectivity index (χ2n) is 6.80. The van der Waals surface area contributed by atoms with Crippen molar-refractivity contribution in [2.45, 2.75) is 57.5 Å². The molecule has 3 N–H and O–H groups in total. The summed E-state index contributed by atoms with van der Waals surface area (Å²) in [6, 6.07) is 8.81. The van der Waals surface area contributed by atoms with Crippen molar-refractivity contribution in [1.29, 1.82) is 0 Å². The molecule has 0 heterocycles. The molecule has 2 aliphatic carbocycles. The minimum atomic E-state index is 0. The zero-order chi connectivity index (χ0) is 14.8. The highest BCUT2D eigenvalue weighted by molar-refractivity contribution is 5.85. The van der Waals surface area contributed by atoms with Crippen molar-refractivity contribution in [1.82, 2.24) is 5.32 Å². The van der Waals surface area contributed by atoms with Crippen LogP contribution in [0.1, 0.15) is 55.7 Å². The molecule has 1 aromatic carbocycles. The van der Waals surface area contributed by atoms with E-state index >= 15 is 0 Å². The number of nitrogens with two attached hydrogens (primary N) is 1. The first-order valence-electron chi connectivity index (χ1n) is 8.25. The van der Waals surface area contributed by atoms with E-state index in [2.05, 4.69) is 36.5 Å². The third-order valence-corrected chi connectivity index (χ3v) is 5.10. The summed E-state index contributed by atoms with van der Waals surface area (Å²) < 4.78 is 0. The Morgan fingerprint density at radius 3 is 2.59 bits per heavy atom. The fourth-order valence-electron chi connectivity index (χ4n) is 3.60. The Labute approximate surface area is 139 Å². The number of nitrogens with one attached hydrogen (secondary N) is 1. The molecule has 2 fully saturated rings. The molecular formula is C18H27ClN2O. The van der Waals surface area contributed by atoms with Gasteiger partial charge in [0.2, 0.25) is 5.91 Å². The van der Waals surface area contributed by atoms with Crippen LogP contribution < -0.4 is 11.1 Å². The summed E-state index contributed by atoms with van der Waals surface area (Å²) in [5.41, 5.74) is 8.64. The van der Waals surface area contributed by atoms with Crippen molar-refractivity contribution in [3.63, 3.8) is 0 Å². The van der Waals surface area contributed by atoms with E-state index in [0.717, 1.165) is 12.8 Å². The van der Waals surface area contributed by atoms with Crippen LogP contribution in [0, 0.1) is 18.8 Å². The summed E-state index contributed by atoms with van der Waals surface area (Å²) >= 11 is 0. The summed E-state index contributed by atoms with van der Waals surface area (Å²) in [6.45, 7) is 2.13. The molecule has 2 aliphatic rings. The summed E-state index contributed by atoms with van der Waals surface area (Å²) in [5.74, 6) is 1.17. The lowest BCUT2D eigenvalue weighted by Gasteiger charge is -2.22. The first-order valence-corrected chi connectivity index (χ1v) is 8.25. The number of hydrogen-bond donors (Lipinski definition) is 2. The minimum absolute atomic E-state index is 0. The third-order valence-electron chi connectivity index (χ3n) is 5.10. The molecule has 3 atom stereocenters. The van der Waals surface area contributed by atoms with Crippen molar-refractivity contribution in [3.8, 4) is 0 Å². The lowest BCUT2D eigenvalue weighted by atomic mass is 9.96. The van der Waals surface area contributed by atoms with E-state index in [-0.39, 0.29) is 30.4 Å². The van der Waals surface area contributed by atoms with Crippen molar-refractivity contribution in [2.24, 2.45) is 17.6 Å². The molecule has 0 aromatic heterocycles. The Morgan fingerprint density at radius 1 is 1.27 bits per heavy atom. The van der Waals surface area contributed by atoms with Gasteiger partial charge in [0.15, 0.2) is 0 Å². The molecule has 1 aromatic rings. The number of hydrogen-bond acceptors (Lipinski definition) is 2. The van der Waals surface area contributed by atoms with Gasteiger partial charge in [0.25, 0.3) is 0 Å². The molecule has 3 rings (SSSR count). The molecule has 0 bridgehead atoms. The van der Waals surface area contributed by atoms with Crippen LogP contribution in [0.5, 0.6) is 0 Å². The molecule has 2 saturated carbocycles. The quantitative estimate of drug-likeness (QED) is 0.871. The monoisotopic (exact) mass is 322 g/mol. The van der Waals surface area contributed by atoms with Crippen LogP contribution in [-0.2, 0) is 4.79 Å². The van der Waals surface area contributed by atoms with Crippen LogP contribution in [0.3, 0.4) is 0 Å². The summed E-state index contributed by atoms with van der Waals surface area (Å²) in [7, 11) is 0. The zero-order valence-corrected chi connectivity index (χ0v) is 14.1. The highest BCUT2D eigenvalue weighted by Gasteiger charge is 2.35. The number of halogens is 1. The molecule has 3 nitrogen and oxygen atoms in total. The van der Waals surface area contributed by atoms with E-state index < -0.39 is 0 Å². The van der Waals surface area contributed by atoms with Crippen LogP contribution in [-0.4, -0.2) is 11.9 Å². The van der Waals surface area contributed by atoms with Gasteiger partial charge in [0.1, 0.15) is 0 Å². The van der Waals surface area contributed by atoms with Crippen LogP contribution in [0.2, 0.25) is 0 Å². The molecule has 122 valence electrons. The van der Waals surface area contributed by atoms with Gasteiger partial charge in [-0.1, -0.05) is 30.7 Å². The molecule has 0 aliphatic heterocycles. The van der Waals surface area contributed by atoms with Crippen molar-refractivity contribution < 1.29 is 4.79 Å². The first kappa shape index (κ1) is 17.3. The Morgan fingerprint density at radius 2 is 2.00 bits per heavy atom. The van der Waals surface area contributed by atoms with Gasteiger partial charge in [-0.25, -0.2) is 0 Å². The number of amides is 1. The number of carbonyl (C=O) groups is 1. The lowest BCUT2D eigenvalue weighted by molar-refractivity contribution is -0.123. The largest absolute Gasteiger partial charge is 0.349 e. The van der Waals surface area contributed by atoms with Gasteiger partial charge < -0.3 is 11.1 Å². The summed E-state index contributed by atoms with van der Waals surface area (Å²) in [5, 5.41) is 3.29. The van der Waals surface area contributed by atoms with E-state index in [9.17, 15) is 4.79 Å². The Balaban J connectivity index is 0.00000176. The standard InChI is InChI=1S/C18H26N2O.ClH/c1-12-5-2-3-7-15(12)18(13-9-10-13)20-17(21)11-14-6-4-8-16(14)19;/h2-3,5,7,13-14,16,18H,4,6,8-11,19H2,1H3,(H,20,21);1H/t14-,16+,18?;/m0./s1. The molecule has 1 unspecified atom stereocenters. The minimum Gasteiger partial charge on any atom is -0.349 e. The fraction of sp³-hybridized carbons (Fsp3) is 0.611. The third kappa shape index (κ3) is 4.02. The van der Waals surface area contributed by atoms with Crippen molar-refractivity contribution >= 4 is 18.3 Å². The van der Waals surface area contributed by atoms with E-state index in [1.165, 1.54) is 30.4 Å². The lowest BCUT2D eigenvalue weighted by Crippen LogP contribution is -2.34. The highest BCUT2D eigenvalue weighted by Crippen LogP contribution is 2.42. The van der Waals surface area contributed by atoms with Gasteiger partial charge in [-0.05, 0) is 55.6 Å². The predicted octanol–water partition coefficient (Wildman–Crippen LogP) is 3.50. The number of benzene rings is 1. The zero-order valence-electron chi connectivity index (χ0n) is 13.3. The molecule has 0 spiro atoms. The van der Waals surface area contributed by atoms with Gasteiger partial charge in [-0.15, -0.1) is 12.4 Å². The normalized spacial score (nSPS) is 25.4. The van der Waals surface area contributed by atoms with Gasteiger partial charge in [0, 0.05) is 12.5 Å². The Hall–Kier alpha value is -1.06. The molecule has 1 amide bonds. The van der Waals surface area contributed by atoms with E-state index in [0.29, 0.717) is 18.3 Å². The number of aryl methyl sites for hydroxylation is 1. The first-order chi connectivity index (χ1) is 10.1. The van der Waals surface area contributed by atoms with Crippen molar-refractivity contribution in [2.75, 3.05) is 0 Å². The van der Waals surface area contributed by atoms with Gasteiger partial charge in [0.05, 0.1) is 6.04 Å². The average Bonchev–Trinajstić information content (AvgIpc) is 3.22. The smallest absolute Gasteiger partial charge is 0.220 e. The second-order valence-corrected chi connectivity index (χ2v) is 6.80. The van der Waals surface area contributed by atoms with Crippen molar-refractivity contribution in [3.05, 3.63) is 35.4 Å². The summed E-state index contributed by atoms with van der Waals surface area (Å²) in [4.78, 5) is 12.4. The Bertz CT molecular complexity index is 516. The van der Waals surface area contributed by atoms with Crippen LogP contribution in [0.25, 0.3) is 0 Å². The number of rotatable bonds is 5. The van der Waals surface area contributed by atoms with Crippen LogP contribution in [0.4, 0.5) is 0 Å². The highest BCUT2D eigenvalue weighted by atomic mass is 35.5. The molecular weight excluding hydrogens is 296 g/mol. The fourth-order valence-corrected chi connectivity index (χ4v) is 3.60. The maximum Gasteiger partial charge on any atom is 0.220 e. The topological polar surface area (TPSA) is 55.1 Å². The SMILES string of the molecule is Cc1ccccc1C(NC(=O)C[C@@H]1CCC[C@H]1N)C1CC1.Cl. The second kappa shape index (κ2) is 7.47. The van der Waals surface area contributed by atoms with Crippen LogP contribution >= 0.6 is 12.4 Å². The molecule has 22 heavy (non-hydrogen) atoms. The van der Waals surface area contributed by atoms with Gasteiger partial charge in [-0.2, -0.15) is 0 Å². The summed E-state index contributed by atoms with van der Waals surface area (Å²) in [6.07, 6.45) is 6.39. The number of carbonyl (C=O) groups excluding carboxylic acids is 1. The van der Waals surface area contributed by atoms with E-state index in [1.807, 2.05) is 0 Å². The average molecular weight is 323 g/mol. The van der Waals surface area contributed by atoms with Gasteiger partial charge in [-0.3, -0.25) is 4.79 Å². The molecule has 0 radical (unpaired) electrons. The Kier molecular flexibility index (Phi) is 5.87. The maximum absolute atomic E-state index is 12.4. The molecule has 4 heteroatoms. The van der Waals surface area contributed by atoms with Crippen LogP contribution in [0.15, 0.2) is 24.3 Å². The molecule has 0 saturated heterocycles. The van der Waals surface area contributed by atoms with E-state index in [1.54, 1.807) is 0 Å². The van der Waals surface area contributed by atoms with E-state index in [4.69, 9.17) is 5.73 Å². The maximum atomic E-state index is 12.4. The predicted molar refractivity (Wildman–Crippen MR) is 92.0 cm³/mol. The van der Waals surface area contributed by atoms with Gasteiger partial charge >= 0.3 is 0 Å².